The van der Waals surface area contributed by atoms with E-state index >= 15 is 0 Å². The molecule has 2 atom stereocenters. The van der Waals surface area contributed by atoms with Crippen LogP contribution in [0, 0.1) is 5.92 Å². The number of allylic oxidation sites excluding steroid dienone is 2. The molecule has 7 aromatic rings. The Morgan fingerprint density at radius 2 is 1.05 bits per heavy atom. The number of aromatic nitrogens is 2. The molecule has 0 saturated heterocycles. The van der Waals surface area contributed by atoms with Crippen molar-refractivity contribution < 1.29 is 4.42 Å². The van der Waals surface area contributed by atoms with Crippen LogP contribution in [0.3, 0.4) is 0 Å². The quantitative estimate of drug-likeness (QED) is 0.225. The van der Waals surface area contributed by atoms with Gasteiger partial charge in [-0.1, -0.05) is 72.8 Å². The number of hydrogen-bond acceptors (Lipinski definition) is 1. The highest BCUT2D eigenvalue weighted by atomic mass is 16.3. The second kappa shape index (κ2) is 7.45. The Morgan fingerprint density at radius 3 is 1.62 bits per heavy atom. The third-order valence-corrected chi connectivity index (χ3v) is 9.51. The molecular weight excluding hydrogens is 488 g/mol. The van der Waals surface area contributed by atoms with Crippen molar-refractivity contribution in [1.29, 1.82) is 0 Å². The largest absolute Gasteiger partial charge is 0.464 e. The third kappa shape index (κ3) is 2.65. The summed E-state index contributed by atoms with van der Waals surface area (Å²) < 4.78 is 11.7. The first-order chi connectivity index (χ1) is 19.8. The highest BCUT2D eigenvalue weighted by Crippen LogP contribution is 2.60. The van der Waals surface area contributed by atoms with Gasteiger partial charge in [-0.05, 0) is 49.3 Å². The second-order valence-electron chi connectivity index (χ2n) is 11.6. The van der Waals surface area contributed by atoms with Gasteiger partial charge in [0.1, 0.15) is 11.5 Å². The molecule has 3 heterocycles. The molecular formula is C37H26N2O. The summed E-state index contributed by atoms with van der Waals surface area (Å²) in [6.07, 6.45) is 7.94. The minimum atomic E-state index is 0.477. The number of hydrogen-bond donors (Lipinski definition) is 0. The zero-order chi connectivity index (χ0) is 25.9. The van der Waals surface area contributed by atoms with E-state index in [1.165, 1.54) is 71.9 Å². The van der Waals surface area contributed by atoms with Gasteiger partial charge < -0.3 is 13.6 Å². The molecule has 40 heavy (non-hydrogen) atoms. The van der Waals surface area contributed by atoms with Crippen molar-refractivity contribution in [3.05, 3.63) is 120 Å². The standard InChI is InChI=1S/C37H26N2O/c1-5-13-31-23(9-1)24-10-2-6-14-32(24)38(31)22-17-18-36-28(19-22)30-21-35(27-20-29(27)37(30)40-36)39-33-15-7-3-11-25(33)26-12-4-8-16-34(26)39/h1-16,19,21,27,29H,17-18,20H2. The van der Waals surface area contributed by atoms with Gasteiger partial charge in [0.15, 0.2) is 0 Å². The van der Waals surface area contributed by atoms with Gasteiger partial charge in [-0.3, -0.25) is 0 Å². The second-order valence-corrected chi connectivity index (χ2v) is 11.6. The summed E-state index contributed by atoms with van der Waals surface area (Å²) in [5.74, 6) is 3.35. The van der Waals surface area contributed by atoms with Gasteiger partial charge in [0.05, 0.1) is 22.1 Å². The molecule has 0 radical (unpaired) electrons. The molecule has 0 aliphatic heterocycles. The topological polar surface area (TPSA) is 23.0 Å². The smallest absolute Gasteiger partial charge is 0.115 e. The number of benzene rings is 4. The average molecular weight is 515 g/mol. The summed E-state index contributed by atoms with van der Waals surface area (Å²) in [4.78, 5) is 0. The van der Waals surface area contributed by atoms with E-state index in [4.69, 9.17) is 4.42 Å². The summed E-state index contributed by atoms with van der Waals surface area (Å²) in [5, 5.41) is 5.27. The minimum Gasteiger partial charge on any atom is -0.464 e. The lowest BCUT2D eigenvalue weighted by Crippen LogP contribution is -2.05. The van der Waals surface area contributed by atoms with Crippen molar-refractivity contribution in [3.63, 3.8) is 0 Å². The maximum atomic E-state index is 6.66. The van der Waals surface area contributed by atoms with Crippen LogP contribution in [0.25, 0.3) is 67.2 Å². The fraction of sp³-hybridized carbons (Fsp3) is 0.135. The molecule has 3 aromatic heterocycles. The van der Waals surface area contributed by atoms with Crippen LogP contribution >= 0.6 is 0 Å². The molecule has 190 valence electrons. The van der Waals surface area contributed by atoms with Crippen LogP contribution in [0.2, 0.25) is 0 Å². The lowest BCUT2D eigenvalue weighted by molar-refractivity contribution is 0.461. The zero-order valence-electron chi connectivity index (χ0n) is 22.0. The lowest BCUT2D eigenvalue weighted by Gasteiger charge is -2.18. The van der Waals surface area contributed by atoms with E-state index in [0.29, 0.717) is 11.8 Å². The molecule has 3 aliphatic rings. The van der Waals surface area contributed by atoms with Crippen molar-refractivity contribution in [3.8, 4) is 0 Å². The highest BCUT2D eigenvalue weighted by Gasteiger charge is 2.49. The van der Waals surface area contributed by atoms with Gasteiger partial charge in [0, 0.05) is 62.3 Å². The van der Waals surface area contributed by atoms with E-state index in [-0.39, 0.29) is 0 Å². The molecule has 0 bridgehead atoms. The summed E-state index contributed by atoms with van der Waals surface area (Å²) in [6, 6.07) is 35.3. The zero-order valence-corrected chi connectivity index (χ0v) is 22.0. The van der Waals surface area contributed by atoms with Gasteiger partial charge in [-0.25, -0.2) is 0 Å². The molecule has 3 nitrogen and oxygen atoms in total. The van der Waals surface area contributed by atoms with E-state index in [0.717, 1.165) is 25.0 Å². The fourth-order valence-corrected chi connectivity index (χ4v) is 7.68. The summed E-state index contributed by atoms with van der Waals surface area (Å²) in [6.45, 7) is 0. The number of fused-ring (bicyclic) bond motifs is 11. The van der Waals surface area contributed by atoms with Crippen LogP contribution < -0.4 is 0 Å². The summed E-state index contributed by atoms with van der Waals surface area (Å²) in [5.41, 5.74) is 10.5. The number of furan rings is 1. The van der Waals surface area contributed by atoms with Crippen molar-refractivity contribution in [2.75, 3.05) is 0 Å². The molecule has 3 heteroatoms. The van der Waals surface area contributed by atoms with Crippen LogP contribution in [-0.4, -0.2) is 9.13 Å². The highest BCUT2D eigenvalue weighted by molar-refractivity contribution is 6.12. The van der Waals surface area contributed by atoms with Crippen molar-refractivity contribution in [2.45, 2.75) is 25.2 Å². The normalized spacial score (nSPS) is 19.5. The number of aryl methyl sites for hydroxylation is 1. The Balaban J connectivity index is 1.21. The SMILES string of the molecule is C1=C(n2c3ccccc3c3ccccc32)CCc2oc3c(c21)C=C(n1c2ccccc2c2ccccc21)C1CC31. The predicted molar refractivity (Wildman–Crippen MR) is 165 cm³/mol. The molecule has 2 unspecified atom stereocenters. The monoisotopic (exact) mass is 514 g/mol. The molecule has 0 N–H and O–H groups in total. The molecule has 1 fully saturated rings. The van der Waals surface area contributed by atoms with Crippen LogP contribution in [0.4, 0.5) is 0 Å². The van der Waals surface area contributed by atoms with Crippen LogP contribution in [0.15, 0.2) is 101 Å². The van der Waals surface area contributed by atoms with Crippen LogP contribution in [-0.2, 0) is 6.42 Å². The number of nitrogens with zero attached hydrogens (tertiary/aromatic N) is 2. The maximum Gasteiger partial charge on any atom is 0.115 e. The maximum absolute atomic E-state index is 6.66. The van der Waals surface area contributed by atoms with E-state index in [9.17, 15) is 0 Å². The number of rotatable bonds is 2. The minimum absolute atomic E-state index is 0.477. The van der Waals surface area contributed by atoms with E-state index < -0.39 is 0 Å². The molecule has 10 rings (SSSR count). The Hall–Kier alpha value is -4.76. The van der Waals surface area contributed by atoms with Gasteiger partial charge in [0.2, 0.25) is 0 Å². The summed E-state index contributed by atoms with van der Waals surface area (Å²) >= 11 is 0. The Morgan fingerprint density at radius 1 is 0.525 bits per heavy atom. The van der Waals surface area contributed by atoms with E-state index in [2.05, 4.69) is 118 Å². The van der Waals surface area contributed by atoms with Crippen LogP contribution in [0.5, 0.6) is 0 Å². The molecule has 0 spiro atoms. The molecule has 0 amide bonds. The molecule has 3 aliphatic carbocycles. The fourth-order valence-electron chi connectivity index (χ4n) is 7.68. The predicted octanol–water partition coefficient (Wildman–Crippen LogP) is 9.55. The van der Waals surface area contributed by atoms with Crippen LogP contribution in [0.1, 0.15) is 41.4 Å². The lowest BCUT2D eigenvalue weighted by atomic mass is 9.94. The first-order valence-electron chi connectivity index (χ1n) is 14.4. The third-order valence-electron chi connectivity index (χ3n) is 9.51. The van der Waals surface area contributed by atoms with E-state index in [1.54, 1.807) is 0 Å². The summed E-state index contributed by atoms with van der Waals surface area (Å²) in [7, 11) is 0. The van der Waals surface area contributed by atoms with Gasteiger partial charge in [-0.2, -0.15) is 0 Å². The Kier molecular flexibility index (Phi) is 3.93. The number of para-hydroxylation sites is 4. The first-order valence-corrected chi connectivity index (χ1v) is 14.4. The van der Waals surface area contributed by atoms with Gasteiger partial charge in [0.25, 0.3) is 0 Å². The van der Waals surface area contributed by atoms with E-state index in [1.807, 2.05) is 0 Å². The molecule has 4 aromatic carbocycles. The average Bonchev–Trinajstić information content (AvgIpc) is 3.49. The van der Waals surface area contributed by atoms with Gasteiger partial charge >= 0.3 is 0 Å². The first kappa shape index (κ1) is 21.1. The van der Waals surface area contributed by atoms with Crippen molar-refractivity contribution in [2.24, 2.45) is 5.92 Å². The van der Waals surface area contributed by atoms with Crippen molar-refractivity contribution >= 4 is 67.2 Å². The molecule has 1 saturated carbocycles. The van der Waals surface area contributed by atoms with Gasteiger partial charge in [-0.15, -0.1) is 0 Å². The van der Waals surface area contributed by atoms with Crippen molar-refractivity contribution in [1.82, 2.24) is 9.13 Å². The Bertz CT molecular complexity index is 2160. The Labute approximate surface area is 231 Å².